The molecule has 0 aliphatic carbocycles. The number of pyridine rings is 1. The van der Waals surface area contributed by atoms with Crippen LogP contribution in [0.4, 0.5) is 20.6 Å². The lowest BCUT2D eigenvalue weighted by molar-refractivity contribution is 0.0945. The molecule has 2 amide bonds. The average Bonchev–Trinajstić information content (AvgIpc) is 2.73. The van der Waals surface area contributed by atoms with Crippen molar-refractivity contribution in [3.63, 3.8) is 0 Å². The second kappa shape index (κ2) is 7.54. The first-order valence-electron chi connectivity index (χ1n) is 10.1. The number of anilines is 2. The SMILES string of the molecule is O=C(Nc1ccc(Br)cc1)N1CCC2(CC1)CN(c1ccnc3ccc(F)cc13)C2. The summed E-state index contributed by atoms with van der Waals surface area (Å²) in [5, 5.41) is 3.84. The molecule has 2 fully saturated rings. The number of benzene rings is 2. The fourth-order valence-corrected chi connectivity index (χ4v) is 4.81. The number of carbonyl (C=O) groups is 1. The van der Waals surface area contributed by atoms with Crippen molar-refractivity contribution in [2.24, 2.45) is 5.41 Å². The monoisotopic (exact) mass is 468 g/mol. The van der Waals surface area contributed by atoms with Crippen LogP contribution in [0.25, 0.3) is 10.9 Å². The fraction of sp³-hybridized carbons (Fsp3) is 0.304. The number of piperidine rings is 1. The number of hydrogen-bond acceptors (Lipinski definition) is 3. The largest absolute Gasteiger partial charge is 0.370 e. The molecular weight excluding hydrogens is 447 g/mol. The van der Waals surface area contributed by atoms with Crippen molar-refractivity contribution in [3.05, 3.63) is 65.0 Å². The van der Waals surface area contributed by atoms with E-state index in [1.54, 1.807) is 18.3 Å². The van der Waals surface area contributed by atoms with Crippen LogP contribution in [0.15, 0.2) is 59.2 Å². The highest BCUT2D eigenvalue weighted by molar-refractivity contribution is 9.10. The zero-order valence-corrected chi connectivity index (χ0v) is 18.0. The predicted octanol–water partition coefficient (Wildman–Crippen LogP) is 5.27. The van der Waals surface area contributed by atoms with Gasteiger partial charge >= 0.3 is 6.03 Å². The molecule has 2 aromatic carbocycles. The molecular formula is C23H22BrFN4O. The van der Waals surface area contributed by atoms with E-state index < -0.39 is 0 Å². The molecule has 0 saturated carbocycles. The van der Waals surface area contributed by atoms with E-state index in [-0.39, 0.29) is 17.3 Å². The van der Waals surface area contributed by atoms with Crippen molar-refractivity contribution >= 4 is 44.2 Å². The van der Waals surface area contributed by atoms with Crippen molar-refractivity contribution in [3.8, 4) is 0 Å². The van der Waals surface area contributed by atoms with E-state index in [4.69, 9.17) is 0 Å². The van der Waals surface area contributed by atoms with Crippen molar-refractivity contribution < 1.29 is 9.18 Å². The summed E-state index contributed by atoms with van der Waals surface area (Å²) in [6.07, 6.45) is 3.75. The van der Waals surface area contributed by atoms with E-state index in [0.717, 1.165) is 65.8 Å². The number of urea groups is 1. The lowest BCUT2D eigenvalue weighted by atomic mass is 9.71. The Balaban J connectivity index is 1.21. The van der Waals surface area contributed by atoms with Gasteiger partial charge in [0.2, 0.25) is 0 Å². The van der Waals surface area contributed by atoms with Crippen LogP contribution in [0.3, 0.4) is 0 Å². The van der Waals surface area contributed by atoms with Crippen molar-refractivity contribution in [2.45, 2.75) is 12.8 Å². The molecule has 1 spiro atoms. The number of halogens is 2. The van der Waals surface area contributed by atoms with Crippen LogP contribution in [-0.2, 0) is 0 Å². The molecule has 5 rings (SSSR count). The highest BCUT2D eigenvalue weighted by Gasteiger charge is 2.45. The maximum atomic E-state index is 13.8. The topological polar surface area (TPSA) is 48.5 Å². The van der Waals surface area contributed by atoms with Gasteiger partial charge < -0.3 is 15.1 Å². The number of nitrogens with zero attached hydrogens (tertiary/aromatic N) is 3. The predicted molar refractivity (Wildman–Crippen MR) is 120 cm³/mol. The van der Waals surface area contributed by atoms with E-state index in [0.29, 0.717) is 0 Å². The molecule has 0 unspecified atom stereocenters. The molecule has 3 heterocycles. The van der Waals surface area contributed by atoms with Gasteiger partial charge in [-0.2, -0.15) is 0 Å². The third-order valence-corrected chi connectivity index (χ3v) is 6.81. The van der Waals surface area contributed by atoms with Crippen LogP contribution in [0, 0.1) is 11.2 Å². The summed E-state index contributed by atoms with van der Waals surface area (Å²) in [5.74, 6) is -0.239. The normalized spacial score (nSPS) is 17.8. The number of fused-ring (bicyclic) bond motifs is 1. The summed E-state index contributed by atoms with van der Waals surface area (Å²) < 4.78 is 14.7. The minimum Gasteiger partial charge on any atom is -0.370 e. The standard InChI is InChI=1S/C23H22BrFN4O/c24-16-1-4-18(5-2-16)27-22(30)28-11-8-23(9-12-28)14-29(15-23)21-7-10-26-20-6-3-17(25)13-19(20)21/h1-7,10,13H,8-9,11-12,14-15H2,(H,27,30). The number of likely N-dealkylation sites (tertiary alicyclic amines) is 1. The summed E-state index contributed by atoms with van der Waals surface area (Å²) >= 11 is 3.40. The minimum atomic E-state index is -0.239. The number of amides is 2. The molecule has 154 valence electrons. The second-order valence-corrected chi connectivity index (χ2v) is 9.19. The zero-order valence-electron chi connectivity index (χ0n) is 16.4. The third kappa shape index (κ3) is 3.62. The summed E-state index contributed by atoms with van der Waals surface area (Å²) in [7, 11) is 0. The number of carbonyl (C=O) groups excluding carboxylic acids is 1. The van der Waals surface area contributed by atoms with Gasteiger partial charge in [-0.25, -0.2) is 9.18 Å². The summed E-state index contributed by atoms with van der Waals surface area (Å²) in [6, 6.07) is 14.3. The number of aromatic nitrogens is 1. The van der Waals surface area contributed by atoms with E-state index in [1.165, 1.54) is 6.07 Å². The van der Waals surface area contributed by atoms with Crippen LogP contribution in [0.1, 0.15) is 12.8 Å². The lowest BCUT2D eigenvalue weighted by Crippen LogP contribution is -2.61. The van der Waals surface area contributed by atoms with Crippen LogP contribution >= 0.6 is 15.9 Å². The van der Waals surface area contributed by atoms with E-state index in [2.05, 4.69) is 31.1 Å². The maximum absolute atomic E-state index is 13.8. The minimum absolute atomic E-state index is 0.0426. The Labute approximate surface area is 183 Å². The number of nitrogens with one attached hydrogen (secondary N) is 1. The second-order valence-electron chi connectivity index (χ2n) is 8.27. The Morgan fingerprint density at radius 2 is 1.80 bits per heavy atom. The Bertz CT molecular complexity index is 1090. The van der Waals surface area contributed by atoms with Gasteiger partial charge in [0.15, 0.2) is 0 Å². The van der Waals surface area contributed by atoms with Gasteiger partial charge in [-0.05, 0) is 61.4 Å². The summed E-state index contributed by atoms with van der Waals surface area (Å²) in [6.45, 7) is 3.37. The van der Waals surface area contributed by atoms with Gasteiger partial charge in [0.05, 0.1) is 5.52 Å². The molecule has 0 radical (unpaired) electrons. The van der Waals surface area contributed by atoms with Gasteiger partial charge in [-0.3, -0.25) is 4.98 Å². The number of rotatable bonds is 2. The first kappa shape index (κ1) is 19.3. The smallest absolute Gasteiger partial charge is 0.321 e. The van der Waals surface area contributed by atoms with Crippen LogP contribution in [-0.4, -0.2) is 42.1 Å². The van der Waals surface area contributed by atoms with Crippen LogP contribution in [0.5, 0.6) is 0 Å². The molecule has 7 heteroatoms. The zero-order chi connectivity index (χ0) is 20.7. The van der Waals surface area contributed by atoms with Gasteiger partial charge in [0.1, 0.15) is 5.82 Å². The maximum Gasteiger partial charge on any atom is 0.321 e. The molecule has 5 nitrogen and oxygen atoms in total. The molecule has 1 N–H and O–H groups in total. The molecule has 3 aromatic rings. The number of hydrogen-bond donors (Lipinski definition) is 1. The average molecular weight is 469 g/mol. The van der Waals surface area contributed by atoms with Crippen molar-refractivity contribution in [1.82, 2.24) is 9.88 Å². The Kier molecular flexibility index (Phi) is 4.85. The van der Waals surface area contributed by atoms with Crippen molar-refractivity contribution in [2.75, 3.05) is 36.4 Å². The van der Waals surface area contributed by atoms with E-state index in [1.807, 2.05) is 35.2 Å². The summed E-state index contributed by atoms with van der Waals surface area (Å²) in [4.78, 5) is 21.1. The highest BCUT2D eigenvalue weighted by Crippen LogP contribution is 2.44. The van der Waals surface area contributed by atoms with Crippen molar-refractivity contribution in [1.29, 1.82) is 0 Å². The Morgan fingerprint density at radius 1 is 1.07 bits per heavy atom. The van der Waals surface area contributed by atoms with Gasteiger partial charge in [-0.1, -0.05) is 15.9 Å². The first-order chi connectivity index (χ1) is 14.5. The van der Waals surface area contributed by atoms with Gasteiger partial charge in [0, 0.05) is 59.0 Å². The Hall–Kier alpha value is -2.67. The van der Waals surface area contributed by atoms with Crippen LogP contribution < -0.4 is 10.2 Å². The summed E-state index contributed by atoms with van der Waals surface area (Å²) in [5.41, 5.74) is 2.89. The van der Waals surface area contributed by atoms with Gasteiger partial charge in [-0.15, -0.1) is 0 Å². The molecule has 2 aliphatic rings. The first-order valence-corrected chi connectivity index (χ1v) is 10.9. The highest BCUT2D eigenvalue weighted by atomic mass is 79.9. The quantitative estimate of drug-likeness (QED) is 0.557. The fourth-order valence-electron chi connectivity index (χ4n) is 4.55. The lowest BCUT2D eigenvalue weighted by Gasteiger charge is -2.55. The molecule has 2 aliphatic heterocycles. The van der Waals surface area contributed by atoms with Crippen LogP contribution in [0.2, 0.25) is 0 Å². The molecule has 30 heavy (non-hydrogen) atoms. The molecule has 0 bridgehead atoms. The molecule has 1 aromatic heterocycles. The molecule has 0 atom stereocenters. The van der Waals surface area contributed by atoms with E-state index in [9.17, 15) is 9.18 Å². The van der Waals surface area contributed by atoms with E-state index >= 15 is 0 Å². The van der Waals surface area contributed by atoms with Gasteiger partial charge in [0.25, 0.3) is 0 Å². The third-order valence-electron chi connectivity index (χ3n) is 6.28. The molecule has 2 saturated heterocycles. The Morgan fingerprint density at radius 3 is 2.53 bits per heavy atom.